The summed E-state index contributed by atoms with van der Waals surface area (Å²) >= 11 is 0. The number of rotatable bonds is 8. The summed E-state index contributed by atoms with van der Waals surface area (Å²) in [5.74, 6) is -0.554. The highest BCUT2D eigenvalue weighted by molar-refractivity contribution is 7.91. The standard InChI is InChI=1S/C15H24N2O4S.ClH/c1-11(15(18)17-9-8-12(2)16)10-22(19,20)14-6-4-13(21-3)5-7-14;/h4-7,11-12H,8-10,16H2,1-3H3,(H,17,18);1H. The Bertz CT molecular complexity index is 588. The Morgan fingerprint density at radius 3 is 2.30 bits per heavy atom. The average molecular weight is 365 g/mol. The van der Waals surface area contributed by atoms with Crippen LogP contribution >= 0.6 is 12.4 Å². The number of hydrogen-bond donors (Lipinski definition) is 2. The van der Waals surface area contributed by atoms with Gasteiger partial charge in [-0.1, -0.05) is 6.92 Å². The van der Waals surface area contributed by atoms with Crippen LogP contribution in [0.25, 0.3) is 0 Å². The molecule has 8 heteroatoms. The normalized spacial score (nSPS) is 13.6. The second-order valence-corrected chi connectivity index (χ2v) is 7.45. The molecular formula is C15H25ClN2O4S. The Morgan fingerprint density at radius 2 is 1.83 bits per heavy atom. The topological polar surface area (TPSA) is 98.5 Å². The predicted molar refractivity (Wildman–Crippen MR) is 92.7 cm³/mol. The first-order chi connectivity index (χ1) is 10.3. The Labute approximate surface area is 144 Å². The number of benzene rings is 1. The molecule has 1 aromatic rings. The highest BCUT2D eigenvalue weighted by Gasteiger charge is 2.23. The van der Waals surface area contributed by atoms with Crippen molar-refractivity contribution in [2.24, 2.45) is 11.7 Å². The molecule has 2 atom stereocenters. The number of hydrogen-bond acceptors (Lipinski definition) is 5. The number of halogens is 1. The van der Waals surface area contributed by atoms with E-state index in [0.717, 1.165) is 0 Å². The molecule has 2 unspecified atom stereocenters. The zero-order chi connectivity index (χ0) is 16.8. The van der Waals surface area contributed by atoms with Gasteiger partial charge in [0.1, 0.15) is 5.75 Å². The Morgan fingerprint density at radius 1 is 1.26 bits per heavy atom. The number of amides is 1. The lowest BCUT2D eigenvalue weighted by Crippen LogP contribution is -2.35. The van der Waals surface area contributed by atoms with Gasteiger partial charge in [0.15, 0.2) is 9.84 Å². The van der Waals surface area contributed by atoms with Crippen molar-refractivity contribution in [2.45, 2.75) is 31.2 Å². The van der Waals surface area contributed by atoms with Gasteiger partial charge in [0.05, 0.1) is 17.8 Å². The van der Waals surface area contributed by atoms with Gasteiger partial charge >= 0.3 is 0 Å². The Hall–Kier alpha value is -1.31. The number of methoxy groups -OCH3 is 1. The lowest BCUT2D eigenvalue weighted by molar-refractivity contribution is -0.123. The fraction of sp³-hybridized carbons (Fsp3) is 0.533. The van der Waals surface area contributed by atoms with Crippen LogP contribution < -0.4 is 15.8 Å². The molecule has 0 spiro atoms. The van der Waals surface area contributed by atoms with Crippen LogP contribution in [-0.2, 0) is 14.6 Å². The fourth-order valence-electron chi connectivity index (χ4n) is 1.88. The second kappa shape index (κ2) is 9.75. The molecule has 0 aliphatic carbocycles. The third-order valence-corrected chi connectivity index (χ3v) is 5.16. The summed E-state index contributed by atoms with van der Waals surface area (Å²) in [7, 11) is -2.00. The van der Waals surface area contributed by atoms with Crippen LogP contribution in [0.4, 0.5) is 0 Å². The van der Waals surface area contributed by atoms with Gasteiger partial charge in [-0.25, -0.2) is 8.42 Å². The molecule has 132 valence electrons. The van der Waals surface area contributed by atoms with Crippen molar-refractivity contribution in [3.63, 3.8) is 0 Å². The Balaban J connectivity index is 0.00000484. The molecular weight excluding hydrogens is 340 g/mol. The summed E-state index contributed by atoms with van der Waals surface area (Å²) in [6, 6.07) is 6.13. The molecule has 0 radical (unpaired) electrons. The van der Waals surface area contributed by atoms with E-state index < -0.39 is 15.8 Å². The van der Waals surface area contributed by atoms with Gasteiger partial charge in [-0.05, 0) is 37.6 Å². The molecule has 0 saturated heterocycles. The zero-order valence-electron chi connectivity index (χ0n) is 13.6. The van der Waals surface area contributed by atoms with Crippen LogP contribution in [0.3, 0.4) is 0 Å². The maximum atomic E-state index is 12.3. The number of nitrogens with two attached hydrogens (primary N) is 1. The molecule has 1 amide bonds. The van der Waals surface area contributed by atoms with E-state index in [4.69, 9.17) is 10.5 Å². The SMILES string of the molecule is COc1ccc(S(=O)(=O)CC(C)C(=O)NCCC(C)N)cc1.Cl. The van der Waals surface area contributed by atoms with Crippen LogP contribution in [0.1, 0.15) is 20.3 Å². The number of carbonyl (C=O) groups is 1. The van der Waals surface area contributed by atoms with Crippen LogP contribution in [0.15, 0.2) is 29.2 Å². The molecule has 1 aromatic carbocycles. The molecule has 6 nitrogen and oxygen atoms in total. The van der Waals surface area contributed by atoms with Crippen LogP contribution in [0.2, 0.25) is 0 Å². The van der Waals surface area contributed by atoms with E-state index >= 15 is 0 Å². The third kappa shape index (κ3) is 7.20. The molecule has 3 N–H and O–H groups in total. The van der Waals surface area contributed by atoms with Crippen molar-refractivity contribution < 1.29 is 17.9 Å². The minimum atomic E-state index is -3.51. The van der Waals surface area contributed by atoms with Crippen molar-refractivity contribution in [3.05, 3.63) is 24.3 Å². The average Bonchev–Trinajstić information content (AvgIpc) is 2.46. The van der Waals surface area contributed by atoms with Gasteiger partial charge in [-0.2, -0.15) is 0 Å². The van der Waals surface area contributed by atoms with Crippen molar-refractivity contribution in [2.75, 3.05) is 19.4 Å². The van der Waals surface area contributed by atoms with Gasteiger partial charge < -0.3 is 15.8 Å². The highest BCUT2D eigenvalue weighted by Crippen LogP contribution is 2.18. The summed E-state index contributed by atoms with van der Waals surface area (Å²) in [6.07, 6.45) is 0.656. The van der Waals surface area contributed by atoms with E-state index in [-0.39, 0.29) is 35.0 Å². The van der Waals surface area contributed by atoms with Crippen LogP contribution in [0, 0.1) is 5.92 Å². The van der Waals surface area contributed by atoms with Crippen molar-refractivity contribution in [3.8, 4) is 5.75 Å². The summed E-state index contributed by atoms with van der Waals surface area (Å²) in [6.45, 7) is 3.90. The molecule has 23 heavy (non-hydrogen) atoms. The maximum absolute atomic E-state index is 12.3. The lowest BCUT2D eigenvalue weighted by atomic mass is 10.2. The summed E-state index contributed by atoms with van der Waals surface area (Å²) < 4.78 is 29.6. The smallest absolute Gasteiger partial charge is 0.223 e. The number of nitrogens with one attached hydrogen (secondary N) is 1. The fourth-order valence-corrected chi connectivity index (χ4v) is 3.43. The van der Waals surface area contributed by atoms with Crippen LogP contribution in [-0.4, -0.2) is 39.8 Å². The quantitative estimate of drug-likeness (QED) is 0.726. The number of ether oxygens (including phenoxy) is 1. The monoisotopic (exact) mass is 364 g/mol. The minimum Gasteiger partial charge on any atom is -0.497 e. The van der Waals surface area contributed by atoms with E-state index in [1.54, 1.807) is 19.1 Å². The van der Waals surface area contributed by atoms with Gasteiger partial charge in [0.25, 0.3) is 0 Å². The van der Waals surface area contributed by atoms with E-state index in [9.17, 15) is 13.2 Å². The molecule has 0 heterocycles. The number of carbonyl (C=O) groups excluding carboxylic acids is 1. The highest BCUT2D eigenvalue weighted by atomic mass is 35.5. The van der Waals surface area contributed by atoms with Gasteiger partial charge in [0.2, 0.25) is 5.91 Å². The third-order valence-electron chi connectivity index (χ3n) is 3.23. The first kappa shape index (κ1) is 21.7. The van der Waals surface area contributed by atoms with Gasteiger partial charge in [0, 0.05) is 18.5 Å². The second-order valence-electron chi connectivity index (χ2n) is 5.41. The van der Waals surface area contributed by atoms with Crippen LogP contribution in [0.5, 0.6) is 5.75 Å². The molecule has 1 rings (SSSR count). The first-order valence-corrected chi connectivity index (χ1v) is 8.81. The maximum Gasteiger partial charge on any atom is 0.223 e. The van der Waals surface area contributed by atoms with E-state index in [1.165, 1.54) is 19.2 Å². The van der Waals surface area contributed by atoms with Crippen molar-refractivity contribution in [1.82, 2.24) is 5.32 Å². The molecule has 0 fully saturated rings. The summed E-state index contributed by atoms with van der Waals surface area (Å²) in [4.78, 5) is 12.1. The molecule has 0 saturated carbocycles. The van der Waals surface area contributed by atoms with E-state index in [1.807, 2.05) is 6.92 Å². The first-order valence-electron chi connectivity index (χ1n) is 7.16. The zero-order valence-corrected chi connectivity index (χ0v) is 15.2. The van der Waals surface area contributed by atoms with Gasteiger partial charge in [-0.3, -0.25) is 4.79 Å². The minimum absolute atomic E-state index is 0. The largest absolute Gasteiger partial charge is 0.497 e. The number of sulfone groups is 1. The summed E-state index contributed by atoms with van der Waals surface area (Å²) in [5, 5.41) is 2.70. The molecule has 0 aliphatic heterocycles. The van der Waals surface area contributed by atoms with Gasteiger partial charge in [-0.15, -0.1) is 12.4 Å². The van der Waals surface area contributed by atoms with E-state index in [0.29, 0.717) is 18.7 Å². The molecule has 0 aromatic heterocycles. The lowest BCUT2D eigenvalue weighted by Gasteiger charge is -2.13. The molecule has 0 aliphatic rings. The summed E-state index contributed by atoms with van der Waals surface area (Å²) in [5.41, 5.74) is 5.60. The van der Waals surface area contributed by atoms with Crippen molar-refractivity contribution in [1.29, 1.82) is 0 Å². The molecule has 0 bridgehead atoms. The predicted octanol–water partition coefficient (Wildman–Crippen LogP) is 1.38. The Kier molecular flexibility index (Phi) is 9.19. The van der Waals surface area contributed by atoms with Crippen molar-refractivity contribution >= 4 is 28.2 Å². The van der Waals surface area contributed by atoms with E-state index in [2.05, 4.69) is 5.32 Å².